The highest BCUT2D eigenvalue weighted by atomic mass is 16.5. The van der Waals surface area contributed by atoms with Crippen molar-refractivity contribution in [2.45, 2.75) is 46.6 Å². The molecule has 0 aromatic carbocycles. The van der Waals surface area contributed by atoms with Crippen molar-refractivity contribution in [2.75, 3.05) is 26.4 Å². The zero-order chi connectivity index (χ0) is 13.1. The summed E-state index contributed by atoms with van der Waals surface area (Å²) in [6, 6.07) is 0.196. The van der Waals surface area contributed by atoms with Crippen LogP contribution in [-0.2, 0) is 14.3 Å². The molecule has 1 amide bonds. The van der Waals surface area contributed by atoms with Gasteiger partial charge in [0.05, 0.1) is 19.8 Å². The molecule has 0 aliphatic heterocycles. The Kier molecular flexibility index (Phi) is 10.2. The van der Waals surface area contributed by atoms with Gasteiger partial charge >= 0.3 is 0 Å². The monoisotopic (exact) mass is 245 g/mol. The van der Waals surface area contributed by atoms with Crippen molar-refractivity contribution in [2.24, 2.45) is 5.92 Å². The van der Waals surface area contributed by atoms with E-state index in [2.05, 4.69) is 19.2 Å². The van der Waals surface area contributed by atoms with Gasteiger partial charge in [-0.1, -0.05) is 13.8 Å². The number of carbonyl (C=O) groups is 1. The van der Waals surface area contributed by atoms with Gasteiger partial charge in [-0.2, -0.15) is 0 Å². The Hall–Kier alpha value is -0.610. The summed E-state index contributed by atoms with van der Waals surface area (Å²) >= 11 is 0. The Morgan fingerprint density at radius 2 is 1.59 bits per heavy atom. The summed E-state index contributed by atoms with van der Waals surface area (Å²) in [5.74, 6) is 0.719. The Morgan fingerprint density at radius 1 is 1.00 bits per heavy atom. The molecule has 1 N–H and O–H groups in total. The summed E-state index contributed by atoms with van der Waals surface area (Å²) < 4.78 is 10.7. The fraction of sp³-hybridized carbons (Fsp3) is 0.923. The molecule has 4 heteroatoms. The average Bonchev–Trinajstić information content (AvgIpc) is 2.20. The van der Waals surface area contributed by atoms with Gasteiger partial charge in [-0.15, -0.1) is 0 Å². The van der Waals surface area contributed by atoms with E-state index in [-0.39, 0.29) is 11.9 Å². The second kappa shape index (κ2) is 10.5. The van der Waals surface area contributed by atoms with Crippen LogP contribution in [0.25, 0.3) is 0 Å². The number of amides is 1. The highest BCUT2D eigenvalue weighted by molar-refractivity contribution is 5.76. The Balaban J connectivity index is 3.16. The van der Waals surface area contributed by atoms with E-state index < -0.39 is 0 Å². The van der Waals surface area contributed by atoms with Crippen LogP contribution in [0.3, 0.4) is 0 Å². The van der Waals surface area contributed by atoms with E-state index in [1.807, 2.05) is 13.8 Å². The SMILES string of the molecule is CC(C)CCOCCOCCC(=O)NC(C)C. The van der Waals surface area contributed by atoms with Crippen LogP contribution < -0.4 is 5.32 Å². The minimum Gasteiger partial charge on any atom is -0.379 e. The van der Waals surface area contributed by atoms with E-state index in [4.69, 9.17) is 9.47 Å². The lowest BCUT2D eigenvalue weighted by atomic mass is 10.1. The van der Waals surface area contributed by atoms with Gasteiger partial charge in [0.1, 0.15) is 0 Å². The minimum atomic E-state index is 0.0423. The molecule has 0 saturated heterocycles. The van der Waals surface area contributed by atoms with E-state index in [1.54, 1.807) is 0 Å². The van der Waals surface area contributed by atoms with Crippen molar-refractivity contribution in [3.8, 4) is 0 Å². The van der Waals surface area contributed by atoms with Crippen LogP contribution in [0.1, 0.15) is 40.5 Å². The molecule has 0 fully saturated rings. The lowest BCUT2D eigenvalue weighted by Crippen LogP contribution is -2.30. The van der Waals surface area contributed by atoms with Crippen LogP contribution in [0.15, 0.2) is 0 Å². The number of carbonyl (C=O) groups excluding carboxylic acids is 1. The number of hydrogen-bond donors (Lipinski definition) is 1. The van der Waals surface area contributed by atoms with Crippen LogP contribution in [0.5, 0.6) is 0 Å². The summed E-state index contributed by atoms with van der Waals surface area (Å²) in [5.41, 5.74) is 0. The minimum absolute atomic E-state index is 0.0423. The first kappa shape index (κ1) is 16.4. The predicted molar refractivity (Wildman–Crippen MR) is 69.0 cm³/mol. The third-order valence-electron chi connectivity index (χ3n) is 2.13. The highest BCUT2D eigenvalue weighted by Crippen LogP contribution is 1.98. The molecule has 0 atom stereocenters. The van der Waals surface area contributed by atoms with Crippen molar-refractivity contribution in [3.63, 3.8) is 0 Å². The van der Waals surface area contributed by atoms with Crippen molar-refractivity contribution in [1.29, 1.82) is 0 Å². The third kappa shape index (κ3) is 13.3. The average molecular weight is 245 g/mol. The van der Waals surface area contributed by atoms with Gasteiger partial charge in [0.15, 0.2) is 0 Å². The summed E-state index contributed by atoms with van der Waals surface area (Å²) in [7, 11) is 0. The molecule has 17 heavy (non-hydrogen) atoms. The number of ether oxygens (including phenoxy) is 2. The van der Waals surface area contributed by atoms with Crippen LogP contribution in [0.4, 0.5) is 0 Å². The maximum atomic E-state index is 11.2. The highest BCUT2D eigenvalue weighted by Gasteiger charge is 2.02. The quantitative estimate of drug-likeness (QED) is 0.599. The first-order valence-electron chi connectivity index (χ1n) is 6.47. The largest absolute Gasteiger partial charge is 0.379 e. The molecule has 0 bridgehead atoms. The molecule has 0 rings (SSSR count). The number of nitrogens with one attached hydrogen (secondary N) is 1. The predicted octanol–water partition coefficient (Wildman–Crippen LogP) is 1.98. The normalized spacial score (nSPS) is 11.2. The molecule has 0 unspecified atom stereocenters. The summed E-state index contributed by atoms with van der Waals surface area (Å²) in [4.78, 5) is 11.2. The second-order valence-corrected chi connectivity index (χ2v) is 4.88. The fourth-order valence-electron chi connectivity index (χ4n) is 1.20. The molecule has 0 aromatic rings. The van der Waals surface area contributed by atoms with Gasteiger partial charge in [0.2, 0.25) is 5.91 Å². The molecule has 0 aromatic heterocycles. The zero-order valence-corrected chi connectivity index (χ0v) is 11.6. The summed E-state index contributed by atoms with van der Waals surface area (Å²) in [6.07, 6.45) is 1.50. The molecule has 0 radical (unpaired) electrons. The number of hydrogen-bond acceptors (Lipinski definition) is 3. The first-order valence-corrected chi connectivity index (χ1v) is 6.47. The second-order valence-electron chi connectivity index (χ2n) is 4.88. The lowest BCUT2D eigenvalue weighted by molar-refractivity contribution is -0.122. The molecule has 0 heterocycles. The summed E-state index contributed by atoms with van der Waals surface area (Å²) in [6.45, 7) is 10.7. The molecule has 0 saturated carbocycles. The van der Waals surface area contributed by atoms with Crippen LogP contribution in [0, 0.1) is 5.92 Å². The van der Waals surface area contributed by atoms with Gasteiger partial charge in [-0.3, -0.25) is 4.79 Å². The molecule has 0 aliphatic carbocycles. The van der Waals surface area contributed by atoms with Gasteiger partial charge in [-0.25, -0.2) is 0 Å². The Labute approximate surface area is 105 Å². The zero-order valence-electron chi connectivity index (χ0n) is 11.6. The van der Waals surface area contributed by atoms with Crippen molar-refractivity contribution in [3.05, 3.63) is 0 Å². The van der Waals surface area contributed by atoms with Crippen LogP contribution in [-0.4, -0.2) is 38.4 Å². The van der Waals surface area contributed by atoms with Gasteiger partial charge < -0.3 is 14.8 Å². The first-order chi connectivity index (χ1) is 8.02. The van der Waals surface area contributed by atoms with Crippen LogP contribution >= 0.6 is 0 Å². The lowest BCUT2D eigenvalue weighted by Gasteiger charge is -2.09. The maximum Gasteiger partial charge on any atom is 0.222 e. The Morgan fingerprint density at radius 3 is 2.12 bits per heavy atom. The maximum absolute atomic E-state index is 11.2. The molecular formula is C13H27NO3. The van der Waals surface area contributed by atoms with Crippen molar-refractivity contribution < 1.29 is 14.3 Å². The molecule has 102 valence electrons. The molecule has 4 nitrogen and oxygen atoms in total. The molecular weight excluding hydrogens is 218 g/mol. The van der Waals surface area contributed by atoms with Gasteiger partial charge in [0, 0.05) is 19.1 Å². The van der Waals surface area contributed by atoms with E-state index in [0.717, 1.165) is 13.0 Å². The van der Waals surface area contributed by atoms with Crippen molar-refractivity contribution in [1.82, 2.24) is 5.32 Å². The number of rotatable bonds is 10. The Bertz CT molecular complexity index is 193. The third-order valence-corrected chi connectivity index (χ3v) is 2.13. The summed E-state index contributed by atoms with van der Waals surface area (Å²) in [5, 5.41) is 2.82. The van der Waals surface area contributed by atoms with Crippen LogP contribution in [0.2, 0.25) is 0 Å². The molecule has 0 aliphatic rings. The van der Waals surface area contributed by atoms with E-state index in [1.165, 1.54) is 0 Å². The van der Waals surface area contributed by atoms with E-state index in [9.17, 15) is 4.79 Å². The molecule has 0 spiro atoms. The van der Waals surface area contributed by atoms with E-state index >= 15 is 0 Å². The smallest absolute Gasteiger partial charge is 0.222 e. The standard InChI is InChI=1S/C13H27NO3/c1-11(2)5-7-16-9-10-17-8-6-13(15)14-12(3)4/h11-12H,5-10H2,1-4H3,(H,14,15). The van der Waals surface area contributed by atoms with E-state index in [0.29, 0.717) is 32.2 Å². The topological polar surface area (TPSA) is 47.6 Å². The van der Waals surface area contributed by atoms with Crippen molar-refractivity contribution >= 4 is 5.91 Å². The van der Waals surface area contributed by atoms with Gasteiger partial charge in [-0.05, 0) is 26.2 Å². The fourth-order valence-corrected chi connectivity index (χ4v) is 1.20. The van der Waals surface area contributed by atoms with Gasteiger partial charge in [0.25, 0.3) is 0 Å².